The van der Waals surface area contributed by atoms with Crippen molar-refractivity contribution in [2.24, 2.45) is 0 Å². The van der Waals surface area contributed by atoms with E-state index in [2.05, 4.69) is 15.9 Å². The third-order valence-corrected chi connectivity index (χ3v) is 2.73. The zero-order valence-corrected chi connectivity index (χ0v) is 10.4. The molecule has 0 aliphatic carbocycles. The van der Waals surface area contributed by atoms with Crippen LogP contribution < -0.4 is 4.74 Å². The molecular weight excluding hydrogens is 287 g/mol. The Labute approximate surface area is 107 Å². The van der Waals surface area contributed by atoms with Gasteiger partial charge in [0.2, 0.25) is 0 Å². The second-order valence-corrected chi connectivity index (χ2v) is 4.38. The molecule has 0 saturated heterocycles. The van der Waals surface area contributed by atoms with Crippen LogP contribution in [0.15, 0.2) is 46.9 Å². The number of benzene rings is 2. The van der Waals surface area contributed by atoms with Gasteiger partial charge in [-0.05, 0) is 42.5 Å². The van der Waals surface area contributed by atoms with Gasteiger partial charge in [-0.25, -0.2) is 4.39 Å². The van der Waals surface area contributed by atoms with Crippen molar-refractivity contribution >= 4 is 15.9 Å². The molecule has 1 N–H and O–H groups in total. The van der Waals surface area contributed by atoms with Crippen LogP contribution in [0, 0.1) is 5.82 Å². The van der Waals surface area contributed by atoms with Gasteiger partial charge in [-0.2, -0.15) is 0 Å². The first-order chi connectivity index (χ1) is 8.19. The van der Waals surface area contributed by atoms with Crippen molar-refractivity contribution in [1.29, 1.82) is 0 Å². The van der Waals surface area contributed by atoms with Crippen LogP contribution in [0.1, 0.15) is 5.56 Å². The predicted octanol–water partition coefficient (Wildman–Crippen LogP) is 3.87. The molecule has 0 fully saturated rings. The average Bonchev–Trinajstić information content (AvgIpc) is 2.34. The lowest BCUT2D eigenvalue weighted by Gasteiger charge is -2.09. The van der Waals surface area contributed by atoms with Crippen molar-refractivity contribution in [1.82, 2.24) is 0 Å². The minimum absolute atomic E-state index is 0.115. The molecule has 0 amide bonds. The van der Waals surface area contributed by atoms with Gasteiger partial charge in [0.25, 0.3) is 0 Å². The molecule has 2 rings (SSSR count). The third kappa shape index (κ3) is 3.05. The van der Waals surface area contributed by atoms with E-state index in [4.69, 9.17) is 4.74 Å². The molecule has 17 heavy (non-hydrogen) atoms. The maximum Gasteiger partial charge on any atom is 0.133 e. The van der Waals surface area contributed by atoms with E-state index in [0.29, 0.717) is 17.1 Å². The Bertz CT molecular complexity index is 511. The summed E-state index contributed by atoms with van der Waals surface area (Å²) < 4.78 is 19.2. The van der Waals surface area contributed by atoms with Crippen molar-refractivity contribution in [2.45, 2.75) is 6.61 Å². The summed E-state index contributed by atoms with van der Waals surface area (Å²) in [6, 6.07) is 11.1. The number of hydrogen-bond donors (Lipinski definition) is 1. The van der Waals surface area contributed by atoms with Crippen molar-refractivity contribution in [3.8, 4) is 11.5 Å². The maximum absolute atomic E-state index is 12.7. The third-order valence-electron chi connectivity index (χ3n) is 2.23. The highest BCUT2D eigenvalue weighted by Crippen LogP contribution is 2.28. The van der Waals surface area contributed by atoms with E-state index >= 15 is 0 Å². The quantitative estimate of drug-likeness (QED) is 0.931. The van der Waals surface area contributed by atoms with Crippen LogP contribution in [0.25, 0.3) is 0 Å². The predicted molar refractivity (Wildman–Crippen MR) is 66.5 cm³/mol. The molecule has 0 aliphatic heterocycles. The number of ether oxygens (including phenoxy) is 1. The molecule has 0 aromatic heterocycles. The lowest BCUT2D eigenvalue weighted by molar-refractivity contribution is 0.276. The van der Waals surface area contributed by atoms with Gasteiger partial charge >= 0.3 is 0 Å². The number of hydrogen-bond acceptors (Lipinski definition) is 2. The van der Waals surface area contributed by atoms with Gasteiger partial charge in [-0.3, -0.25) is 0 Å². The molecule has 0 aliphatic rings. The number of halogens is 2. The second-order valence-electron chi connectivity index (χ2n) is 3.47. The molecule has 2 nitrogen and oxygen atoms in total. The van der Waals surface area contributed by atoms with Gasteiger partial charge < -0.3 is 9.84 Å². The van der Waals surface area contributed by atoms with E-state index in [1.165, 1.54) is 12.1 Å². The van der Waals surface area contributed by atoms with Crippen LogP contribution >= 0.6 is 15.9 Å². The van der Waals surface area contributed by atoms with Crippen LogP contribution in [0.2, 0.25) is 0 Å². The number of aliphatic hydroxyl groups is 1. The van der Waals surface area contributed by atoms with Gasteiger partial charge in [0.1, 0.15) is 17.3 Å². The standard InChI is InChI=1S/C13H10BrFO2/c14-10-1-6-13(9(7-10)8-16)17-12-4-2-11(15)3-5-12/h1-7,16H,8H2. The molecule has 0 unspecified atom stereocenters. The van der Waals surface area contributed by atoms with E-state index < -0.39 is 0 Å². The summed E-state index contributed by atoms with van der Waals surface area (Å²) in [7, 11) is 0. The fraction of sp³-hybridized carbons (Fsp3) is 0.0769. The lowest BCUT2D eigenvalue weighted by atomic mass is 10.2. The summed E-state index contributed by atoms with van der Waals surface area (Å²) in [6.45, 7) is -0.115. The Hall–Kier alpha value is -1.39. The van der Waals surface area contributed by atoms with Crippen LogP contribution in [0.3, 0.4) is 0 Å². The topological polar surface area (TPSA) is 29.5 Å². The molecular formula is C13H10BrFO2. The van der Waals surface area contributed by atoms with E-state index in [0.717, 1.165) is 4.47 Å². The Morgan fingerprint density at radius 2 is 1.82 bits per heavy atom. The number of rotatable bonds is 3. The molecule has 0 spiro atoms. The minimum Gasteiger partial charge on any atom is -0.457 e. The zero-order valence-electron chi connectivity index (χ0n) is 8.86. The largest absolute Gasteiger partial charge is 0.457 e. The molecule has 0 atom stereocenters. The van der Waals surface area contributed by atoms with Gasteiger partial charge in [-0.1, -0.05) is 15.9 Å². The monoisotopic (exact) mass is 296 g/mol. The van der Waals surface area contributed by atoms with Crippen molar-refractivity contribution in [3.63, 3.8) is 0 Å². The molecule has 2 aromatic carbocycles. The van der Waals surface area contributed by atoms with E-state index in [9.17, 15) is 9.50 Å². The first-order valence-electron chi connectivity index (χ1n) is 5.02. The highest BCUT2D eigenvalue weighted by Gasteiger charge is 2.05. The molecule has 0 heterocycles. The van der Waals surface area contributed by atoms with Crippen LogP contribution in [0.4, 0.5) is 4.39 Å². The molecule has 88 valence electrons. The Kier molecular flexibility index (Phi) is 3.76. The first kappa shape index (κ1) is 12.1. The van der Waals surface area contributed by atoms with Crippen molar-refractivity contribution in [3.05, 3.63) is 58.3 Å². The van der Waals surface area contributed by atoms with Crippen LogP contribution in [-0.2, 0) is 6.61 Å². The molecule has 2 aromatic rings. The highest BCUT2D eigenvalue weighted by molar-refractivity contribution is 9.10. The second kappa shape index (κ2) is 5.29. The van der Waals surface area contributed by atoms with Crippen LogP contribution in [-0.4, -0.2) is 5.11 Å². The van der Waals surface area contributed by atoms with Crippen molar-refractivity contribution in [2.75, 3.05) is 0 Å². The first-order valence-corrected chi connectivity index (χ1v) is 5.81. The van der Waals surface area contributed by atoms with E-state index in [1.807, 2.05) is 6.07 Å². The average molecular weight is 297 g/mol. The molecule has 0 saturated carbocycles. The summed E-state index contributed by atoms with van der Waals surface area (Å²) >= 11 is 3.32. The Balaban J connectivity index is 2.26. The van der Waals surface area contributed by atoms with Gasteiger partial charge in [-0.15, -0.1) is 0 Å². The zero-order chi connectivity index (χ0) is 12.3. The summed E-state index contributed by atoms with van der Waals surface area (Å²) in [5.74, 6) is 0.779. The fourth-order valence-electron chi connectivity index (χ4n) is 1.40. The van der Waals surface area contributed by atoms with Gasteiger partial charge in [0, 0.05) is 10.0 Å². The van der Waals surface area contributed by atoms with E-state index in [-0.39, 0.29) is 12.4 Å². The Morgan fingerprint density at radius 3 is 2.47 bits per heavy atom. The molecule has 0 bridgehead atoms. The fourth-order valence-corrected chi connectivity index (χ4v) is 1.81. The van der Waals surface area contributed by atoms with Crippen LogP contribution in [0.5, 0.6) is 11.5 Å². The van der Waals surface area contributed by atoms with E-state index in [1.54, 1.807) is 24.3 Å². The Morgan fingerprint density at radius 1 is 1.12 bits per heavy atom. The summed E-state index contributed by atoms with van der Waals surface area (Å²) in [5, 5.41) is 9.20. The van der Waals surface area contributed by atoms with Gasteiger partial charge in [0.05, 0.1) is 6.61 Å². The minimum atomic E-state index is -0.310. The number of aliphatic hydroxyl groups excluding tert-OH is 1. The highest BCUT2D eigenvalue weighted by atomic mass is 79.9. The summed E-state index contributed by atoms with van der Waals surface area (Å²) in [4.78, 5) is 0. The SMILES string of the molecule is OCc1cc(Br)ccc1Oc1ccc(F)cc1. The maximum atomic E-state index is 12.7. The molecule has 0 radical (unpaired) electrons. The lowest BCUT2D eigenvalue weighted by Crippen LogP contribution is -1.91. The van der Waals surface area contributed by atoms with Crippen molar-refractivity contribution < 1.29 is 14.2 Å². The van der Waals surface area contributed by atoms with Gasteiger partial charge in [0.15, 0.2) is 0 Å². The summed E-state index contributed by atoms with van der Waals surface area (Å²) in [6.07, 6.45) is 0. The normalized spacial score (nSPS) is 10.3. The summed E-state index contributed by atoms with van der Waals surface area (Å²) in [5.41, 5.74) is 0.670. The molecule has 4 heteroatoms. The smallest absolute Gasteiger partial charge is 0.133 e.